The highest BCUT2D eigenvalue weighted by molar-refractivity contribution is 5.96. The van der Waals surface area contributed by atoms with E-state index >= 15 is 0 Å². The topological polar surface area (TPSA) is 83.2 Å². The number of aromatic nitrogens is 4. The first kappa shape index (κ1) is 20.8. The molecule has 0 bridgehead atoms. The van der Waals surface area contributed by atoms with Crippen LogP contribution >= 0.6 is 0 Å². The molecule has 0 saturated carbocycles. The number of nitrogens with zero attached hydrogens (tertiary/aromatic N) is 4. The summed E-state index contributed by atoms with van der Waals surface area (Å²) in [6, 6.07) is 15.5. The molecule has 7 nitrogen and oxygen atoms in total. The minimum atomic E-state index is 0.577. The van der Waals surface area contributed by atoms with Crippen LogP contribution in [-0.4, -0.2) is 33.7 Å². The van der Waals surface area contributed by atoms with E-state index in [9.17, 15) is 0 Å². The van der Waals surface area contributed by atoms with Gasteiger partial charge in [0, 0.05) is 11.1 Å². The Balaban J connectivity index is 1.57. The highest BCUT2D eigenvalue weighted by Crippen LogP contribution is 2.31. The van der Waals surface area contributed by atoms with Crippen molar-refractivity contribution >= 4 is 11.0 Å². The lowest BCUT2D eigenvalue weighted by molar-refractivity contribution is 0.309. The second kappa shape index (κ2) is 10.0. The van der Waals surface area contributed by atoms with E-state index in [4.69, 9.17) is 14.1 Å². The van der Waals surface area contributed by atoms with Gasteiger partial charge >= 0.3 is 0 Å². The van der Waals surface area contributed by atoms with Gasteiger partial charge in [0.1, 0.15) is 22.9 Å². The minimum absolute atomic E-state index is 0.577. The molecule has 0 unspecified atom stereocenters. The number of fused-ring (bicyclic) bond motifs is 1. The van der Waals surface area contributed by atoms with Crippen molar-refractivity contribution in [3.63, 3.8) is 0 Å². The Labute approximate surface area is 181 Å². The van der Waals surface area contributed by atoms with Gasteiger partial charge in [0.05, 0.1) is 13.2 Å². The molecule has 0 spiro atoms. The number of hydrogen-bond donors (Lipinski definition) is 0. The predicted octanol–water partition coefficient (Wildman–Crippen LogP) is 5.70. The third kappa shape index (κ3) is 4.82. The third-order valence-corrected chi connectivity index (χ3v) is 4.98. The van der Waals surface area contributed by atoms with Crippen molar-refractivity contribution in [1.82, 2.24) is 20.5 Å². The van der Waals surface area contributed by atoms with Crippen LogP contribution in [0.2, 0.25) is 0 Å². The van der Waals surface area contributed by atoms with E-state index in [-0.39, 0.29) is 0 Å². The van der Waals surface area contributed by atoms with Gasteiger partial charge in [-0.25, -0.2) is 4.63 Å². The van der Waals surface area contributed by atoms with Gasteiger partial charge in [0.2, 0.25) is 0 Å². The molecule has 0 fully saturated rings. The Morgan fingerprint density at radius 2 is 1.06 bits per heavy atom. The molecule has 0 N–H and O–H groups in total. The van der Waals surface area contributed by atoms with Crippen molar-refractivity contribution in [3.05, 3.63) is 48.5 Å². The molecule has 2 aromatic heterocycles. The third-order valence-electron chi connectivity index (χ3n) is 4.98. The summed E-state index contributed by atoms with van der Waals surface area (Å²) in [5.41, 5.74) is 4.16. The fraction of sp³-hybridized carbons (Fsp3) is 0.333. The number of ether oxygens (including phenoxy) is 2. The van der Waals surface area contributed by atoms with Crippen molar-refractivity contribution in [2.75, 3.05) is 13.2 Å². The van der Waals surface area contributed by atoms with Crippen LogP contribution in [0.25, 0.3) is 33.5 Å². The molecular formula is C24H26N4O3. The van der Waals surface area contributed by atoms with Crippen LogP contribution in [-0.2, 0) is 0 Å². The lowest BCUT2D eigenvalue weighted by atomic mass is 10.1. The Morgan fingerprint density at radius 3 is 1.45 bits per heavy atom. The summed E-state index contributed by atoms with van der Waals surface area (Å²) in [5, 5.41) is 17.0. The van der Waals surface area contributed by atoms with Gasteiger partial charge in [-0.15, -0.1) is 10.2 Å². The van der Waals surface area contributed by atoms with Gasteiger partial charge in [0.25, 0.3) is 0 Å². The van der Waals surface area contributed by atoms with Crippen molar-refractivity contribution in [2.45, 2.75) is 39.5 Å². The summed E-state index contributed by atoms with van der Waals surface area (Å²) in [6.45, 7) is 5.71. The van der Waals surface area contributed by atoms with Crippen LogP contribution in [0.5, 0.6) is 11.5 Å². The zero-order valence-electron chi connectivity index (χ0n) is 17.9. The second-order valence-electron chi connectivity index (χ2n) is 7.31. The van der Waals surface area contributed by atoms with Gasteiger partial charge in [-0.1, -0.05) is 26.7 Å². The second-order valence-corrected chi connectivity index (χ2v) is 7.31. The Hall–Kier alpha value is -3.48. The maximum atomic E-state index is 5.73. The maximum Gasteiger partial charge on any atom is 0.165 e. The molecule has 0 aliphatic heterocycles. The summed E-state index contributed by atoms with van der Waals surface area (Å²) in [7, 11) is 0. The minimum Gasteiger partial charge on any atom is -0.494 e. The normalized spacial score (nSPS) is 11.0. The molecule has 2 aromatic carbocycles. The summed E-state index contributed by atoms with van der Waals surface area (Å²) >= 11 is 0. The zero-order chi connectivity index (χ0) is 21.5. The van der Waals surface area contributed by atoms with Crippen molar-refractivity contribution in [2.24, 2.45) is 0 Å². The molecule has 4 aromatic rings. The lowest BCUT2D eigenvalue weighted by Gasteiger charge is -2.08. The standard InChI is InChI=1S/C24H26N4O3/c1-3-5-15-29-19-11-7-17(8-12-19)21-23-24(28-31-27-23)22(26-25-21)18-9-13-20(14-10-18)30-16-6-4-2/h7-14H,3-6,15-16H2,1-2H3. The van der Waals surface area contributed by atoms with Crippen LogP contribution < -0.4 is 9.47 Å². The first-order chi connectivity index (χ1) is 15.3. The van der Waals surface area contributed by atoms with E-state index in [2.05, 4.69) is 34.4 Å². The first-order valence-electron chi connectivity index (χ1n) is 10.8. The van der Waals surface area contributed by atoms with Crippen LogP contribution in [0.4, 0.5) is 0 Å². The summed E-state index contributed by atoms with van der Waals surface area (Å²) < 4.78 is 16.5. The van der Waals surface area contributed by atoms with E-state index < -0.39 is 0 Å². The van der Waals surface area contributed by atoms with Crippen LogP contribution in [0, 0.1) is 0 Å². The van der Waals surface area contributed by atoms with Gasteiger partial charge < -0.3 is 9.47 Å². The smallest absolute Gasteiger partial charge is 0.165 e. The fourth-order valence-electron chi connectivity index (χ4n) is 3.17. The molecule has 4 rings (SSSR count). The van der Waals surface area contributed by atoms with Gasteiger partial charge in [-0.3, -0.25) is 0 Å². The van der Waals surface area contributed by atoms with Crippen molar-refractivity contribution in [1.29, 1.82) is 0 Å². The monoisotopic (exact) mass is 418 g/mol. The maximum absolute atomic E-state index is 5.73. The average molecular weight is 418 g/mol. The van der Waals surface area contributed by atoms with Gasteiger partial charge in [-0.05, 0) is 71.7 Å². The molecule has 2 heterocycles. The molecule has 0 aliphatic rings. The van der Waals surface area contributed by atoms with Gasteiger partial charge in [-0.2, -0.15) is 0 Å². The quantitative estimate of drug-likeness (QED) is 0.305. The van der Waals surface area contributed by atoms with E-state index in [1.807, 2.05) is 48.5 Å². The van der Waals surface area contributed by atoms with Crippen molar-refractivity contribution < 1.29 is 14.1 Å². The molecular weight excluding hydrogens is 392 g/mol. The Kier molecular flexibility index (Phi) is 6.72. The molecule has 0 amide bonds. The van der Waals surface area contributed by atoms with E-state index in [1.165, 1.54) is 0 Å². The van der Waals surface area contributed by atoms with Crippen molar-refractivity contribution in [3.8, 4) is 34.0 Å². The predicted molar refractivity (Wildman–Crippen MR) is 119 cm³/mol. The molecule has 7 heteroatoms. The molecule has 0 saturated heterocycles. The van der Waals surface area contributed by atoms with E-state index in [0.717, 1.165) is 48.3 Å². The fourth-order valence-corrected chi connectivity index (χ4v) is 3.17. The van der Waals surface area contributed by atoms with E-state index in [0.29, 0.717) is 35.6 Å². The average Bonchev–Trinajstić information content (AvgIpc) is 3.30. The molecule has 0 radical (unpaired) electrons. The lowest BCUT2D eigenvalue weighted by Crippen LogP contribution is -1.98. The molecule has 0 aliphatic carbocycles. The Morgan fingerprint density at radius 1 is 0.645 bits per heavy atom. The summed E-state index contributed by atoms with van der Waals surface area (Å²) in [6.07, 6.45) is 4.27. The van der Waals surface area contributed by atoms with Crippen LogP contribution in [0.1, 0.15) is 39.5 Å². The molecule has 0 atom stereocenters. The number of hydrogen-bond acceptors (Lipinski definition) is 7. The number of benzene rings is 2. The van der Waals surface area contributed by atoms with Crippen LogP contribution in [0.3, 0.4) is 0 Å². The SMILES string of the molecule is CCCCOc1ccc(-c2nnc(-c3ccc(OCCCC)cc3)c3nonc23)cc1. The van der Waals surface area contributed by atoms with Gasteiger partial charge in [0.15, 0.2) is 11.0 Å². The highest BCUT2D eigenvalue weighted by atomic mass is 16.6. The zero-order valence-corrected chi connectivity index (χ0v) is 17.9. The summed E-state index contributed by atoms with van der Waals surface area (Å²) in [5.74, 6) is 1.66. The van der Waals surface area contributed by atoms with E-state index in [1.54, 1.807) is 0 Å². The molecule has 31 heavy (non-hydrogen) atoms. The first-order valence-corrected chi connectivity index (χ1v) is 10.8. The Bertz CT molecular complexity index is 1020. The highest BCUT2D eigenvalue weighted by Gasteiger charge is 2.18. The molecule has 160 valence electrons. The number of unbranched alkanes of at least 4 members (excludes halogenated alkanes) is 2. The summed E-state index contributed by atoms with van der Waals surface area (Å²) in [4.78, 5) is 0. The van der Waals surface area contributed by atoms with Crippen LogP contribution in [0.15, 0.2) is 53.2 Å². The largest absolute Gasteiger partial charge is 0.494 e. The number of rotatable bonds is 10.